The summed E-state index contributed by atoms with van der Waals surface area (Å²) in [7, 11) is 1.89. The molecule has 1 saturated carbocycles. The van der Waals surface area contributed by atoms with Gasteiger partial charge in [-0.1, -0.05) is 72.3 Å². The Balaban J connectivity index is 1.25. The van der Waals surface area contributed by atoms with E-state index in [1.165, 1.54) is 16.7 Å². The molecule has 1 amide bonds. The van der Waals surface area contributed by atoms with Crippen LogP contribution in [0.5, 0.6) is 5.75 Å². The van der Waals surface area contributed by atoms with Gasteiger partial charge in [0.15, 0.2) is 0 Å². The topological polar surface area (TPSA) is 59.1 Å². The highest BCUT2D eigenvalue weighted by Crippen LogP contribution is 2.65. The predicted molar refractivity (Wildman–Crippen MR) is 167 cm³/mol. The summed E-state index contributed by atoms with van der Waals surface area (Å²) in [4.78, 5) is 31.0. The summed E-state index contributed by atoms with van der Waals surface area (Å²) >= 11 is 0. The Kier molecular flexibility index (Phi) is 6.93. The van der Waals surface area contributed by atoms with Crippen LogP contribution in [0, 0.1) is 6.92 Å². The summed E-state index contributed by atoms with van der Waals surface area (Å²) in [5.74, 6) is 0.596. The van der Waals surface area contributed by atoms with Gasteiger partial charge in [0.25, 0.3) is 0 Å². The lowest BCUT2D eigenvalue weighted by molar-refractivity contribution is -0.223. The van der Waals surface area contributed by atoms with Crippen molar-refractivity contribution >= 4 is 18.0 Å². The smallest absolute Gasteiger partial charge is 0.303 e. The minimum atomic E-state index is -0.712. The molecule has 6 nitrogen and oxygen atoms in total. The van der Waals surface area contributed by atoms with Crippen LogP contribution in [-0.4, -0.2) is 65.6 Å². The second-order valence-corrected chi connectivity index (χ2v) is 12.8. The fourth-order valence-electron chi connectivity index (χ4n) is 8.81. The average Bonchev–Trinajstić information content (AvgIpc) is 3.34. The van der Waals surface area contributed by atoms with Crippen molar-refractivity contribution in [2.75, 3.05) is 20.1 Å². The summed E-state index contributed by atoms with van der Waals surface area (Å²) in [5.41, 5.74) is 4.75. The number of aryl methyl sites for hydroxylation is 1. The molecule has 2 aliphatic carbocycles. The first kappa shape index (κ1) is 27.9. The second-order valence-electron chi connectivity index (χ2n) is 12.8. The lowest BCUT2D eigenvalue weighted by Gasteiger charge is -2.65. The molecule has 7 rings (SSSR count). The number of hydrogen-bond acceptors (Lipinski definition) is 5. The third-order valence-electron chi connectivity index (χ3n) is 10.6. The van der Waals surface area contributed by atoms with Crippen molar-refractivity contribution in [3.05, 3.63) is 107 Å². The number of hydrogen-bond donors (Lipinski definition) is 0. The molecule has 2 heterocycles. The number of likely N-dealkylation sites (tertiary alicyclic amines) is 1. The van der Waals surface area contributed by atoms with Gasteiger partial charge in [0.1, 0.15) is 17.5 Å². The molecule has 3 aromatic rings. The Hall–Kier alpha value is -3.90. The van der Waals surface area contributed by atoms with Gasteiger partial charge in [-0.15, -0.1) is 0 Å². The van der Waals surface area contributed by atoms with Crippen molar-refractivity contribution in [3.8, 4) is 5.75 Å². The van der Waals surface area contributed by atoms with Gasteiger partial charge in [0.2, 0.25) is 5.91 Å². The van der Waals surface area contributed by atoms with Crippen LogP contribution in [0.15, 0.2) is 78.9 Å². The van der Waals surface area contributed by atoms with E-state index in [-0.39, 0.29) is 30.1 Å². The number of benzene rings is 3. The minimum Gasteiger partial charge on any atom is -0.487 e. The first-order valence-electron chi connectivity index (χ1n) is 15.6. The monoisotopic (exact) mass is 576 g/mol. The number of esters is 1. The molecule has 2 fully saturated rings. The van der Waals surface area contributed by atoms with Crippen molar-refractivity contribution in [1.29, 1.82) is 0 Å². The van der Waals surface area contributed by atoms with Gasteiger partial charge in [-0.25, -0.2) is 0 Å². The van der Waals surface area contributed by atoms with Crippen LogP contribution in [-0.2, 0) is 32.6 Å². The second kappa shape index (κ2) is 10.7. The zero-order chi connectivity index (χ0) is 29.8. The standard InChI is InChI=1S/C37H40N2O4/c1-25-9-7-12-28(23-25)15-16-33(41)38(3)30-17-19-37(43-26(2)40)32-24-29-13-8-14-31-34(29)36(37,35(30)42-31)20-22-39(32)21-18-27-10-5-4-6-11-27/h4-16,23,30,32,35H,17-22,24H2,1-3H3/b16-15+/t30?,32-,35?,36+,37-/m1/s1. The lowest BCUT2D eigenvalue weighted by Crippen LogP contribution is -2.79. The van der Waals surface area contributed by atoms with Gasteiger partial charge >= 0.3 is 5.97 Å². The maximum absolute atomic E-state index is 13.6. The number of nitrogens with zero attached hydrogens (tertiary/aromatic N) is 2. The van der Waals surface area contributed by atoms with Gasteiger partial charge in [-0.3, -0.25) is 14.5 Å². The summed E-state index contributed by atoms with van der Waals surface area (Å²) in [5, 5.41) is 0. The molecule has 2 aliphatic heterocycles. The highest BCUT2D eigenvalue weighted by molar-refractivity contribution is 5.92. The highest BCUT2D eigenvalue weighted by Gasteiger charge is 2.75. The molecule has 5 atom stereocenters. The van der Waals surface area contributed by atoms with Crippen molar-refractivity contribution < 1.29 is 19.1 Å². The van der Waals surface area contributed by atoms with E-state index >= 15 is 0 Å². The molecular formula is C37H40N2O4. The maximum Gasteiger partial charge on any atom is 0.303 e. The van der Waals surface area contributed by atoms with Gasteiger partial charge in [-0.05, 0) is 74.4 Å². The highest BCUT2D eigenvalue weighted by atomic mass is 16.6. The van der Waals surface area contributed by atoms with E-state index in [4.69, 9.17) is 9.47 Å². The number of likely N-dealkylation sites (N-methyl/N-ethyl adjacent to an activating group) is 1. The molecule has 222 valence electrons. The fraction of sp³-hybridized carbons (Fsp3) is 0.405. The van der Waals surface area contributed by atoms with Crippen LogP contribution in [0.3, 0.4) is 0 Å². The molecule has 43 heavy (non-hydrogen) atoms. The van der Waals surface area contributed by atoms with E-state index in [1.54, 1.807) is 13.0 Å². The molecule has 3 aromatic carbocycles. The largest absolute Gasteiger partial charge is 0.487 e. The van der Waals surface area contributed by atoms with Gasteiger partial charge in [-0.2, -0.15) is 0 Å². The van der Waals surface area contributed by atoms with E-state index in [0.717, 1.165) is 49.2 Å². The molecule has 2 unspecified atom stereocenters. The van der Waals surface area contributed by atoms with Crippen LogP contribution >= 0.6 is 0 Å². The Labute approximate surface area is 254 Å². The molecule has 2 bridgehead atoms. The van der Waals surface area contributed by atoms with Crippen molar-refractivity contribution in [3.63, 3.8) is 0 Å². The molecule has 0 radical (unpaired) electrons. The van der Waals surface area contributed by atoms with E-state index < -0.39 is 11.0 Å². The first-order chi connectivity index (χ1) is 20.8. The Morgan fingerprint density at radius 1 is 1.07 bits per heavy atom. The number of piperidine rings is 1. The molecule has 6 heteroatoms. The van der Waals surface area contributed by atoms with Crippen molar-refractivity contribution in [2.24, 2.45) is 0 Å². The summed E-state index contributed by atoms with van der Waals surface area (Å²) in [6, 6.07) is 25.0. The number of carbonyl (C=O) groups excluding carboxylic acids is 2. The zero-order valence-electron chi connectivity index (χ0n) is 25.3. The number of amides is 1. The Bertz CT molecular complexity index is 1580. The van der Waals surface area contributed by atoms with Crippen LogP contribution < -0.4 is 4.74 Å². The van der Waals surface area contributed by atoms with Gasteiger partial charge in [0.05, 0.1) is 17.5 Å². The average molecular weight is 577 g/mol. The number of rotatable bonds is 7. The third-order valence-corrected chi connectivity index (χ3v) is 10.6. The van der Waals surface area contributed by atoms with Crippen LogP contribution in [0.25, 0.3) is 6.08 Å². The quantitative estimate of drug-likeness (QED) is 0.275. The molecular weight excluding hydrogens is 536 g/mol. The third kappa shape index (κ3) is 4.41. The minimum absolute atomic E-state index is 0.0454. The SMILES string of the molecule is CC(=O)O[C@@]12CCC(N(C)C(=O)/C=C/c3cccc(C)c3)C3Oc4cccc5c4[C@@]31CCN(CCc1ccccc1)[C@@H]2C5. The van der Waals surface area contributed by atoms with Gasteiger partial charge < -0.3 is 14.4 Å². The summed E-state index contributed by atoms with van der Waals surface area (Å²) < 4.78 is 13.5. The molecule has 4 aliphatic rings. The summed E-state index contributed by atoms with van der Waals surface area (Å²) in [6.07, 6.45) is 7.24. The van der Waals surface area contributed by atoms with Gasteiger partial charge in [0, 0.05) is 32.2 Å². The number of ether oxygens (including phenoxy) is 2. The Morgan fingerprint density at radius 3 is 2.67 bits per heavy atom. The normalized spacial score (nSPS) is 28.7. The molecule has 0 aromatic heterocycles. The van der Waals surface area contributed by atoms with Crippen LogP contribution in [0.2, 0.25) is 0 Å². The first-order valence-corrected chi connectivity index (χ1v) is 15.6. The van der Waals surface area contributed by atoms with Crippen LogP contribution in [0.1, 0.15) is 54.0 Å². The number of carbonyl (C=O) groups is 2. The maximum atomic E-state index is 13.6. The van der Waals surface area contributed by atoms with Crippen molar-refractivity contribution in [2.45, 2.75) is 75.2 Å². The molecule has 0 N–H and O–H groups in total. The van der Waals surface area contributed by atoms with Crippen molar-refractivity contribution in [1.82, 2.24) is 9.80 Å². The van der Waals surface area contributed by atoms with Crippen LogP contribution in [0.4, 0.5) is 0 Å². The predicted octanol–water partition coefficient (Wildman–Crippen LogP) is 5.50. The van der Waals surface area contributed by atoms with E-state index in [0.29, 0.717) is 12.8 Å². The lowest BCUT2D eigenvalue weighted by atomic mass is 9.48. The fourth-order valence-corrected chi connectivity index (χ4v) is 8.81. The van der Waals surface area contributed by atoms with E-state index in [2.05, 4.69) is 72.5 Å². The molecule has 1 saturated heterocycles. The summed E-state index contributed by atoms with van der Waals surface area (Å²) in [6.45, 7) is 5.39. The Morgan fingerprint density at radius 2 is 1.88 bits per heavy atom. The van der Waals surface area contributed by atoms with E-state index in [9.17, 15) is 9.59 Å². The molecule has 1 spiro atoms. The van der Waals surface area contributed by atoms with E-state index in [1.807, 2.05) is 30.2 Å². The zero-order valence-corrected chi connectivity index (χ0v) is 25.3.